The van der Waals surface area contributed by atoms with E-state index in [-0.39, 0.29) is 10.9 Å². The molecule has 2 heterocycles. The van der Waals surface area contributed by atoms with Gasteiger partial charge in [-0.05, 0) is 49.2 Å². The van der Waals surface area contributed by atoms with Crippen LogP contribution in [0.2, 0.25) is 5.02 Å². The van der Waals surface area contributed by atoms with Crippen molar-refractivity contribution in [1.82, 2.24) is 4.31 Å². The normalized spacial score (nSPS) is 18.9. The maximum Gasteiger partial charge on any atom is 0.243 e. The molecule has 150 valence electrons. The fourth-order valence-electron chi connectivity index (χ4n) is 3.76. The van der Waals surface area contributed by atoms with E-state index in [2.05, 4.69) is 4.90 Å². The summed E-state index contributed by atoms with van der Waals surface area (Å²) < 4.78 is 59.1. The topological polar surface area (TPSA) is 49.9 Å². The Balaban J connectivity index is 1.49. The largest absolute Gasteiger partial charge is 0.356 e. The molecule has 0 spiro atoms. The standard InChI is InChI=1S/C19H19ClF2N2O3S/c20-14-1-4-19-13(9-14)11-27-12-24(19)15-5-7-23(8-6-15)28(25,26)16-2-3-17(21)18(22)10-16/h1-4,9-10,15H,5-8,11-12H2. The molecule has 0 saturated carbocycles. The van der Waals surface area contributed by atoms with Gasteiger partial charge in [0.25, 0.3) is 0 Å². The highest BCUT2D eigenvalue weighted by Gasteiger charge is 2.33. The van der Waals surface area contributed by atoms with Crippen molar-refractivity contribution < 1.29 is 21.9 Å². The van der Waals surface area contributed by atoms with Crippen LogP contribution in [0, 0.1) is 11.6 Å². The van der Waals surface area contributed by atoms with Crippen molar-refractivity contribution in [2.75, 3.05) is 24.7 Å². The van der Waals surface area contributed by atoms with Crippen molar-refractivity contribution in [1.29, 1.82) is 0 Å². The van der Waals surface area contributed by atoms with E-state index in [1.807, 2.05) is 18.2 Å². The van der Waals surface area contributed by atoms with Crippen LogP contribution in [0.1, 0.15) is 18.4 Å². The minimum absolute atomic E-state index is 0.122. The number of ether oxygens (including phenoxy) is 1. The first-order valence-electron chi connectivity index (χ1n) is 8.94. The van der Waals surface area contributed by atoms with E-state index < -0.39 is 21.7 Å². The van der Waals surface area contributed by atoms with Gasteiger partial charge in [-0.1, -0.05) is 11.6 Å². The molecule has 2 aliphatic rings. The fraction of sp³-hybridized carbons (Fsp3) is 0.368. The number of piperidine rings is 1. The Morgan fingerprint density at radius 1 is 1.04 bits per heavy atom. The number of halogens is 3. The number of nitrogens with zero attached hydrogens (tertiary/aromatic N) is 2. The lowest BCUT2D eigenvalue weighted by molar-refractivity contribution is 0.0988. The lowest BCUT2D eigenvalue weighted by atomic mass is 10.0. The third kappa shape index (κ3) is 3.61. The van der Waals surface area contributed by atoms with Crippen LogP contribution < -0.4 is 4.90 Å². The third-order valence-corrected chi connectivity index (χ3v) is 7.36. The lowest BCUT2D eigenvalue weighted by Gasteiger charge is -2.41. The summed E-state index contributed by atoms with van der Waals surface area (Å²) in [6.45, 7) is 1.53. The first-order chi connectivity index (χ1) is 13.4. The molecule has 2 aromatic rings. The van der Waals surface area contributed by atoms with Crippen LogP contribution >= 0.6 is 11.6 Å². The molecule has 9 heteroatoms. The molecule has 0 aliphatic carbocycles. The molecular weight excluding hydrogens is 410 g/mol. The van der Waals surface area contributed by atoms with E-state index in [0.717, 1.165) is 29.4 Å². The molecule has 0 amide bonds. The summed E-state index contributed by atoms with van der Waals surface area (Å²) in [7, 11) is -3.86. The van der Waals surface area contributed by atoms with Crippen molar-refractivity contribution in [3.63, 3.8) is 0 Å². The van der Waals surface area contributed by atoms with Crippen molar-refractivity contribution >= 4 is 27.3 Å². The van der Waals surface area contributed by atoms with Crippen LogP contribution in [-0.4, -0.2) is 38.6 Å². The number of sulfonamides is 1. The first-order valence-corrected chi connectivity index (χ1v) is 10.8. The zero-order chi connectivity index (χ0) is 19.9. The number of hydrogen-bond donors (Lipinski definition) is 0. The van der Waals surface area contributed by atoms with Gasteiger partial charge in [-0.2, -0.15) is 4.31 Å². The quantitative estimate of drug-likeness (QED) is 0.746. The third-order valence-electron chi connectivity index (χ3n) is 5.23. The molecule has 1 saturated heterocycles. The molecule has 1 fully saturated rings. The Morgan fingerprint density at radius 2 is 1.79 bits per heavy atom. The SMILES string of the molecule is O=S(=O)(c1ccc(F)c(F)c1)N1CCC(N2COCc3cc(Cl)ccc32)CC1. The van der Waals surface area contributed by atoms with Gasteiger partial charge >= 0.3 is 0 Å². The van der Waals surface area contributed by atoms with Gasteiger partial charge in [0.1, 0.15) is 6.73 Å². The Morgan fingerprint density at radius 3 is 2.50 bits per heavy atom. The Hall–Kier alpha value is -1.74. The molecule has 2 aromatic carbocycles. The average molecular weight is 429 g/mol. The maximum atomic E-state index is 13.5. The highest BCUT2D eigenvalue weighted by atomic mass is 35.5. The highest BCUT2D eigenvalue weighted by Crippen LogP contribution is 2.33. The second-order valence-electron chi connectivity index (χ2n) is 6.93. The van der Waals surface area contributed by atoms with Gasteiger partial charge in [-0.15, -0.1) is 0 Å². The minimum Gasteiger partial charge on any atom is -0.356 e. The molecule has 4 rings (SSSR count). The summed E-state index contributed by atoms with van der Waals surface area (Å²) in [4.78, 5) is 1.91. The lowest BCUT2D eigenvalue weighted by Crippen LogP contribution is -2.48. The van der Waals surface area contributed by atoms with Crippen LogP contribution in [0.15, 0.2) is 41.3 Å². The van der Waals surface area contributed by atoms with Gasteiger partial charge in [-0.25, -0.2) is 17.2 Å². The van der Waals surface area contributed by atoms with Crippen LogP contribution in [0.3, 0.4) is 0 Å². The zero-order valence-electron chi connectivity index (χ0n) is 14.9. The van der Waals surface area contributed by atoms with E-state index in [9.17, 15) is 17.2 Å². The second kappa shape index (κ2) is 7.59. The monoisotopic (exact) mass is 428 g/mol. The number of fused-ring (bicyclic) bond motifs is 1. The molecule has 0 unspecified atom stereocenters. The van der Waals surface area contributed by atoms with Crippen LogP contribution in [0.25, 0.3) is 0 Å². The molecule has 0 N–H and O–H groups in total. The smallest absolute Gasteiger partial charge is 0.243 e. The Bertz CT molecular complexity index is 995. The average Bonchev–Trinajstić information content (AvgIpc) is 2.69. The second-order valence-corrected chi connectivity index (χ2v) is 9.31. The van der Waals surface area contributed by atoms with Gasteiger partial charge in [-0.3, -0.25) is 0 Å². The van der Waals surface area contributed by atoms with Crippen molar-refractivity contribution in [3.8, 4) is 0 Å². The van der Waals surface area contributed by atoms with Crippen LogP contribution in [0.5, 0.6) is 0 Å². The number of rotatable bonds is 3. The minimum atomic E-state index is -3.86. The zero-order valence-corrected chi connectivity index (χ0v) is 16.5. The number of hydrogen-bond acceptors (Lipinski definition) is 4. The van der Waals surface area contributed by atoms with Crippen molar-refractivity contribution in [3.05, 3.63) is 58.6 Å². The van der Waals surface area contributed by atoms with Gasteiger partial charge in [0, 0.05) is 35.4 Å². The summed E-state index contributed by atoms with van der Waals surface area (Å²) in [5, 5.41) is 0.650. The summed E-state index contributed by atoms with van der Waals surface area (Å²) in [6.07, 6.45) is 1.21. The van der Waals surface area contributed by atoms with Gasteiger partial charge in [0.15, 0.2) is 11.6 Å². The van der Waals surface area contributed by atoms with Gasteiger partial charge in [0.2, 0.25) is 10.0 Å². The van der Waals surface area contributed by atoms with Crippen LogP contribution in [0.4, 0.5) is 14.5 Å². The summed E-state index contributed by atoms with van der Waals surface area (Å²) in [6, 6.07) is 8.46. The van der Waals surface area contributed by atoms with Gasteiger partial charge < -0.3 is 9.64 Å². The van der Waals surface area contributed by atoms with Crippen LogP contribution in [-0.2, 0) is 21.4 Å². The maximum absolute atomic E-state index is 13.5. The fourth-order valence-corrected chi connectivity index (χ4v) is 5.43. The molecule has 0 atom stereocenters. The molecule has 28 heavy (non-hydrogen) atoms. The van der Waals surface area contributed by atoms with Crippen molar-refractivity contribution in [2.24, 2.45) is 0 Å². The molecular formula is C19H19ClF2N2O3S. The molecule has 0 aromatic heterocycles. The molecule has 0 radical (unpaired) electrons. The van der Waals surface area contributed by atoms with E-state index in [0.29, 0.717) is 44.3 Å². The van der Waals surface area contributed by atoms with Crippen molar-refractivity contribution in [2.45, 2.75) is 30.4 Å². The first kappa shape index (κ1) is 19.6. The number of anilines is 1. The summed E-state index contributed by atoms with van der Waals surface area (Å²) in [5.74, 6) is -2.24. The van der Waals surface area contributed by atoms with Gasteiger partial charge in [0.05, 0.1) is 11.5 Å². The van der Waals surface area contributed by atoms with E-state index in [4.69, 9.17) is 16.3 Å². The predicted molar refractivity (Wildman–Crippen MR) is 102 cm³/mol. The molecule has 5 nitrogen and oxygen atoms in total. The highest BCUT2D eigenvalue weighted by molar-refractivity contribution is 7.89. The predicted octanol–water partition coefficient (Wildman–Crippen LogP) is 3.77. The Labute approximate surface area is 167 Å². The molecule has 2 aliphatic heterocycles. The van der Waals surface area contributed by atoms with E-state index in [1.165, 1.54) is 4.31 Å². The number of benzene rings is 2. The van der Waals surface area contributed by atoms with E-state index in [1.54, 1.807) is 0 Å². The Kier molecular flexibility index (Phi) is 5.30. The summed E-state index contributed by atoms with van der Waals surface area (Å²) in [5.41, 5.74) is 2.06. The summed E-state index contributed by atoms with van der Waals surface area (Å²) >= 11 is 6.06. The molecule has 0 bridgehead atoms. The van der Waals surface area contributed by atoms with E-state index >= 15 is 0 Å².